The van der Waals surface area contributed by atoms with Crippen molar-refractivity contribution in [1.29, 1.82) is 0 Å². The molecule has 2 aliphatic carbocycles. The van der Waals surface area contributed by atoms with Gasteiger partial charge in [-0.2, -0.15) is 0 Å². The van der Waals surface area contributed by atoms with Crippen molar-refractivity contribution in [3.63, 3.8) is 0 Å². The van der Waals surface area contributed by atoms with Crippen molar-refractivity contribution >= 4 is 29.1 Å². The van der Waals surface area contributed by atoms with E-state index in [1.54, 1.807) is 0 Å². The largest absolute Gasteiger partial charge is 0.342 e. The van der Waals surface area contributed by atoms with Crippen LogP contribution in [0.3, 0.4) is 0 Å². The van der Waals surface area contributed by atoms with Crippen molar-refractivity contribution in [2.75, 3.05) is 7.05 Å². The van der Waals surface area contributed by atoms with Crippen molar-refractivity contribution in [2.45, 2.75) is 49.4 Å². The molecule has 0 spiro atoms. The number of rotatable bonds is 2. The Bertz CT molecular complexity index is 285. The number of alkyl halides is 2. The predicted molar refractivity (Wildman–Crippen MR) is 66.7 cm³/mol. The molecular weight excluding hydrogens is 245 g/mol. The molecule has 0 aromatic carbocycles. The van der Waals surface area contributed by atoms with Crippen LogP contribution in [0.2, 0.25) is 0 Å². The van der Waals surface area contributed by atoms with Gasteiger partial charge in [0.15, 0.2) is 0 Å². The molecule has 2 aliphatic rings. The molecule has 0 N–H and O–H groups in total. The van der Waals surface area contributed by atoms with Crippen LogP contribution in [0.4, 0.5) is 0 Å². The number of hydrogen-bond acceptors (Lipinski definition) is 1. The molecule has 0 bridgehead atoms. The molecule has 1 atom stereocenters. The zero-order chi connectivity index (χ0) is 11.9. The monoisotopic (exact) mass is 263 g/mol. The fourth-order valence-electron chi connectivity index (χ4n) is 2.54. The zero-order valence-corrected chi connectivity index (χ0v) is 11.4. The van der Waals surface area contributed by atoms with Crippen LogP contribution < -0.4 is 0 Å². The van der Waals surface area contributed by atoms with E-state index >= 15 is 0 Å². The summed E-state index contributed by atoms with van der Waals surface area (Å²) in [5.41, 5.74) is 0. The molecule has 1 amide bonds. The van der Waals surface area contributed by atoms with Gasteiger partial charge in [-0.1, -0.05) is 6.92 Å². The summed E-state index contributed by atoms with van der Waals surface area (Å²) in [6, 6.07) is 0.397. The Morgan fingerprint density at radius 1 is 1.25 bits per heavy atom. The first-order valence-electron chi connectivity index (χ1n) is 6.06. The van der Waals surface area contributed by atoms with Crippen LogP contribution in [0, 0.1) is 11.8 Å². The molecular formula is C12H19Cl2NO. The average molecular weight is 264 g/mol. The lowest BCUT2D eigenvalue weighted by atomic mass is 9.86. The summed E-state index contributed by atoms with van der Waals surface area (Å²) in [5, 5.41) is 0. The first-order valence-corrected chi connectivity index (χ1v) is 6.82. The molecule has 0 aromatic heterocycles. The maximum absolute atomic E-state index is 12.1. The van der Waals surface area contributed by atoms with E-state index in [-0.39, 0.29) is 11.8 Å². The molecule has 2 fully saturated rings. The zero-order valence-electron chi connectivity index (χ0n) is 9.88. The molecule has 2 nitrogen and oxygen atoms in total. The Morgan fingerprint density at radius 3 is 2.19 bits per heavy atom. The van der Waals surface area contributed by atoms with E-state index in [1.165, 1.54) is 12.8 Å². The molecule has 0 radical (unpaired) electrons. The van der Waals surface area contributed by atoms with E-state index in [0.29, 0.717) is 12.5 Å². The van der Waals surface area contributed by atoms with Gasteiger partial charge in [-0.25, -0.2) is 0 Å². The van der Waals surface area contributed by atoms with Gasteiger partial charge in [0.25, 0.3) is 0 Å². The van der Waals surface area contributed by atoms with Crippen LogP contribution in [0.15, 0.2) is 0 Å². The maximum atomic E-state index is 12.1. The van der Waals surface area contributed by atoms with E-state index < -0.39 is 4.33 Å². The van der Waals surface area contributed by atoms with Gasteiger partial charge >= 0.3 is 0 Å². The van der Waals surface area contributed by atoms with Gasteiger partial charge in [0.2, 0.25) is 5.91 Å². The molecule has 16 heavy (non-hydrogen) atoms. The van der Waals surface area contributed by atoms with Crippen LogP contribution >= 0.6 is 23.2 Å². The van der Waals surface area contributed by atoms with E-state index in [2.05, 4.69) is 6.92 Å². The molecule has 0 saturated heterocycles. The minimum absolute atomic E-state index is 0.129. The van der Waals surface area contributed by atoms with Crippen LogP contribution in [-0.4, -0.2) is 28.2 Å². The van der Waals surface area contributed by atoms with E-state index in [0.717, 1.165) is 18.8 Å². The molecule has 4 heteroatoms. The Kier molecular flexibility index (Phi) is 3.42. The minimum atomic E-state index is -0.784. The molecule has 0 unspecified atom stereocenters. The highest BCUT2D eigenvalue weighted by Gasteiger charge is 2.57. The highest BCUT2D eigenvalue weighted by molar-refractivity contribution is 6.52. The average Bonchev–Trinajstić information content (AvgIpc) is 2.87. The van der Waals surface area contributed by atoms with E-state index in [1.807, 2.05) is 11.9 Å². The van der Waals surface area contributed by atoms with Crippen molar-refractivity contribution in [2.24, 2.45) is 11.8 Å². The lowest BCUT2D eigenvalue weighted by Gasteiger charge is -2.33. The van der Waals surface area contributed by atoms with Gasteiger partial charge in [-0.15, -0.1) is 23.2 Å². The summed E-state index contributed by atoms with van der Waals surface area (Å²) >= 11 is 11.9. The quantitative estimate of drug-likeness (QED) is 0.701. The number of nitrogens with zero attached hydrogens (tertiary/aromatic N) is 1. The first-order chi connectivity index (χ1) is 7.42. The number of carbonyl (C=O) groups excluding carboxylic acids is 1. The SMILES string of the molecule is CC1CCC(N(C)C(=O)[C@H]2CC2(Cl)Cl)CC1. The normalized spacial score (nSPS) is 36.9. The van der Waals surface area contributed by atoms with Gasteiger partial charge in [-0.05, 0) is 38.0 Å². The van der Waals surface area contributed by atoms with Gasteiger partial charge in [0.05, 0.1) is 5.92 Å². The highest BCUT2D eigenvalue weighted by Crippen LogP contribution is 2.54. The van der Waals surface area contributed by atoms with Gasteiger partial charge in [0.1, 0.15) is 4.33 Å². The van der Waals surface area contributed by atoms with Crippen molar-refractivity contribution < 1.29 is 4.79 Å². The summed E-state index contributed by atoms with van der Waals surface area (Å²) in [6.07, 6.45) is 5.30. The second kappa shape index (κ2) is 4.38. The topological polar surface area (TPSA) is 20.3 Å². The fourth-order valence-corrected chi connectivity index (χ4v) is 3.03. The van der Waals surface area contributed by atoms with Crippen molar-refractivity contribution in [3.05, 3.63) is 0 Å². The number of hydrogen-bond donors (Lipinski definition) is 0. The lowest BCUT2D eigenvalue weighted by molar-refractivity contribution is -0.134. The minimum Gasteiger partial charge on any atom is -0.342 e. The highest BCUT2D eigenvalue weighted by atomic mass is 35.5. The molecule has 92 valence electrons. The third-order valence-corrected chi connectivity index (χ3v) is 4.84. The summed E-state index contributed by atoms with van der Waals surface area (Å²) in [4.78, 5) is 13.9. The van der Waals surface area contributed by atoms with E-state index in [9.17, 15) is 4.79 Å². The Labute approximate surface area is 107 Å². The second-order valence-electron chi connectivity index (χ2n) is 5.38. The van der Waals surface area contributed by atoms with Gasteiger partial charge < -0.3 is 4.90 Å². The first kappa shape index (κ1) is 12.5. The summed E-state index contributed by atoms with van der Waals surface area (Å²) in [5.74, 6) is 0.769. The summed E-state index contributed by atoms with van der Waals surface area (Å²) in [6.45, 7) is 2.28. The van der Waals surface area contributed by atoms with Crippen molar-refractivity contribution in [1.82, 2.24) is 4.90 Å². The second-order valence-corrected chi connectivity index (χ2v) is 6.92. The Morgan fingerprint density at radius 2 is 1.75 bits per heavy atom. The number of amides is 1. The van der Waals surface area contributed by atoms with Crippen LogP contribution in [0.5, 0.6) is 0 Å². The van der Waals surface area contributed by atoms with Crippen molar-refractivity contribution in [3.8, 4) is 0 Å². The van der Waals surface area contributed by atoms with Crippen LogP contribution in [0.1, 0.15) is 39.0 Å². The summed E-state index contributed by atoms with van der Waals surface area (Å²) < 4.78 is -0.784. The molecule has 2 rings (SSSR count). The van der Waals surface area contributed by atoms with Gasteiger partial charge in [-0.3, -0.25) is 4.79 Å². The maximum Gasteiger partial charge on any atom is 0.228 e. The Hall–Kier alpha value is 0.0500. The summed E-state index contributed by atoms with van der Waals surface area (Å²) in [7, 11) is 1.89. The predicted octanol–water partition coefficient (Wildman–Crippen LogP) is 3.22. The fraction of sp³-hybridized carbons (Fsp3) is 0.917. The number of carbonyl (C=O) groups is 1. The molecule has 0 aliphatic heterocycles. The third-order valence-electron chi connectivity index (χ3n) is 4.00. The van der Waals surface area contributed by atoms with Gasteiger partial charge in [0, 0.05) is 13.1 Å². The third kappa shape index (κ3) is 2.48. The van der Waals surface area contributed by atoms with E-state index in [4.69, 9.17) is 23.2 Å². The standard InChI is InChI=1S/C12H19Cl2NO/c1-8-3-5-9(6-4-8)15(2)11(16)10-7-12(10,13)14/h8-10H,3-7H2,1-2H3/t8?,9?,10-/m1/s1. The van der Waals surface area contributed by atoms with Crippen LogP contribution in [0.25, 0.3) is 0 Å². The lowest BCUT2D eigenvalue weighted by Crippen LogP contribution is -2.40. The molecule has 0 aromatic rings. The smallest absolute Gasteiger partial charge is 0.228 e. The molecule has 0 heterocycles. The van der Waals surface area contributed by atoms with Crippen LogP contribution in [-0.2, 0) is 4.79 Å². The molecule has 2 saturated carbocycles. The number of halogens is 2. The Balaban J connectivity index is 1.88.